The van der Waals surface area contributed by atoms with Crippen molar-refractivity contribution in [2.45, 2.75) is 53.0 Å². The molecule has 1 aliphatic rings. The average molecular weight is 341 g/mol. The molecule has 0 radical (unpaired) electrons. The first-order valence-corrected chi connectivity index (χ1v) is 9.22. The van der Waals surface area contributed by atoms with Crippen molar-refractivity contribution < 1.29 is 4.79 Å². The zero-order valence-electron chi connectivity index (χ0n) is 14.6. The van der Waals surface area contributed by atoms with Crippen LogP contribution in [0.2, 0.25) is 0 Å². The van der Waals surface area contributed by atoms with Crippen molar-refractivity contribution in [1.29, 1.82) is 5.26 Å². The van der Waals surface area contributed by atoms with E-state index in [0.29, 0.717) is 16.2 Å². The third-order valence-electron chi connectivity index (χ3n) is 4.86. The van der Waals surface area contributed by atoms with Gasteiger partial charge in [0.15, 0.2) is 0 Å². The molecule has 126 valence electrons. The number of thiophene rings is 1. The van der Waals surface area contributed by atoms with Gasteiger partial charge >= 0.3 is 0 Å². The highest BCUT2D eigenvalue weighted by Crippen LogP contribution is 2.38. The Balaban J connectivity index is 1.90. The van der Waals surface area contributed by atoms with E-state index in [1.807, 2.05) is 12.1 Å². The number of rotatable bonds is 2. The highest BCUT2D eigenvalue weighted by Gasteiger charge is 2.29. The molecule has 1 aliphatic carbocycles. The number of aryl methyl sites for hydroxylation is 1. The van der Waals surface area contributed by atoms with Crippen LogP contribution in [0.25, 0.3) is 10.2 Å². The largest absolute Gasteiger partial charge is 0.336 e. The Bertz CT molecular complexity index is 825. The van der Waals surface area contributed by atoms with Crippen molar-refractivity contribution in [2.75, 3.05) is 0 Å². The maximum Gasteiger partial charge on any atom is 0.262 e. The van der Waals surface area contributed by atoms with E-state index in [2.05, 4.69) is 32.2 Å². The molecule has 1 N–H and O–H groups in total. The number of hydrogen-bond donors (Lipinski definition) is 1. The molecule has 2 heterocycles. The van der Waals surface area contributed by atoms with E-state index < -0.39 is 6.04 Å². The molecule has 0 bridgehead atoms. The second kappa shape index (κ2) is 6.18. The molecule has 5 heteroatoms. The number of amides is 1. The van der Waals surface area contributed by atoms with Gasteiger partial charge in [-0.1, -0.05) is 20.8 Å². The van der Waals surface area contributed by atoms with E-state index in [4.69, 9.17) is 10.2 Å². The Hall–Kier alpha value is -1.93. The molecule has 24 heavy (non-hydrogen) atoms. The molecule has 2 atom stereocenters. The number of nitriles is 1. The maximum atomic E-state index is 12.2. The number of pyridine rings is 1. The van der Waals surface area contributed by atoms with Crippen molar-refractivity contribution >= 4 is 27.5 Å². The van der Waals surface area contributed by atoms with Gasteiger partial charge in [0.1, 0.15) is 10.9 Å². The van der Waals surface area contributed by atoms with E-state index in [1.165, 1.54) is 29.0 Å². The van der Waals surface area contributed by atoms with Crippen molar-refractivity contribution in [3.8, 4) is 6.07 Å². The number of fused-ring (bicyclic) bond motifs is 2. The molecule has 0 saturated heterocycles. The smallest absolute Gasteiger partial charge is 0.262 e. The van der Waals surface area contributed by atoms with Gasteiger partial charge in [0, 0.05) is 11.1 Å². The topological polar surface area (TPSA) is 65.8 Å². The summed E-state index contributed by atoms with van der Waals surface area (Å²) in [5.74, 6) is 0.472. The number of hydrogen-bond acceptors (Lipinski definition) is 4. The average Bonchev–Trinajstić information content (AvgIpc) is 2.93. The molecule has 3 rings (SSSR count). The van der Waals surface area contributed by atoms with Crippen LogP contribution in [-0.2, 0) is 12.8 Å². The predicted octanol–water partition coefficient (Wildman–Crippen LogP) is 4.09. The zero-order valence-corrected chi connectivity index (χ0v) is 15.5. The van der Waals surface area contributed by atoms with Crippen molar-refractivity contribution in [3.63, 3.8) is 0 Å². The standard InChI is InChI=1S/C19H23N3OS/c1-11(10-20)21-17(23)16-9-13-7-12-8-14(19(2,3)4)5-6-15(12)22-18(13)24-16/h7,9,11,14H,5-6,8H2,1-4H3,(H,21,23)/t11-,14?/m0/s1. The van der Waals surface area contributed by atoms with Crippen molar-refractivity contribution in [2.24, 2.45) is 11.3 Å². The fourth-order valence-electron chi connectivity index (χ4n) is 3.27. The molecule has 0 spiro atoms. The minimum Gasteiger partial charge on any atom is -0.336 e. The molecule has 0 saturated carbocycles. The molecule has 1 unspecified atom stereocenters. The van der Waals surface area contributed by atoms with E-state index in [1.54, 1.807) is 6.92 Å². The number of carbonyl (C=O) groups is 1. The normalized spacial score (nSPS) is 18.7. The first-order chi connectivity index (χ1) is 11.3. The summed E-state index contributed by atoms with van der Waals surface area (Å²) < 4.78 is 0. The fourth-order valence-corrected chi connectivity index (χ4v) is 4.21. The molecule has 0 aromatic carbocycles. The number of aromatic nitrogens is 1. The van der Waals surface area contributed by atoms with E-state index >= 15 is 0 Å². The minimum atomic E-state index is -0.489. The summed E-state index contributed by atoms with van der Waals surface area (Å²) in [6.07, 6.45) is 3.25. The van der Waals surface area contributed by atoms with Crippen molar-refractivity contribution in [3.05, 3.63) is 28.3 Å². The van der Waals surface area contributed by atoms with Gasteiger partial charge in [-0.3, -0.25) is 4.79 Å². The lowest BCUT2D eigenvalue weighted by Crippen LogP contribution is -2.30. The van der Waals surface area contributed by atoms with Gasteiger partial charge < -0.3 is 5.32 Å². The fraction of sp³-hybridized carbons (Fsp3) is 0.526. The van der Waals surface area contributed by atoms with Gasteiger partial charge in [0.25, 0.3) is 5.91 Å². The maximum absolute atomic E-state index is 12.2. The summed E-state index contributed by atoms with van der Waals surface area (Å²) >= 11 is 1.40. The summed E-state index contributed by atoms with van der Waals surface area (Å²) in [5, 5.41) is 12.5. The SMILES string of the molecule is C[C@@H](C#N)NC(=O)c1cc2cc3c(nc2s1)CCC(C(C)(C)C)C3. The van der Waals surface area contributed by atoms with E-state index in [-0.39, 0.29) is 5.91 Å². The summed E-state index contributed by atoms with van der Waals surface area (Å²) in [6.45, 7) is 8.59. The molecular formula is C19H23N3OS. The summed E-state index contributed by atoms with van der Waals surface area (Å²) in [6, 6.07) is 5.63. The van der Waals surface area contributed by atoms with Crippen LogP contribution in [0, 0.1) is 22.7 Å². The zero-order chi connectivity index (χ0) is 17.5. The third kappa shape index (κ3) is 3.29. The number of nitrogens with zero attached hydrogens (tertiary/aromatic N) is 2. The van der Waals surface area contributed by atoms with Crippen LogP contribution in [0.5, 0.6) is 0 Å². The highest BCUT2D eigenvalue weighted by molar-refractivity contribution is 7.20. The monoisotopic (exact) mass is 341 g/mol. The van der Waals surface area contributed by atoms with Crippen LogP contribution in [0.4, 0.5) is 0 Å². The summed E-state index contributed by atoms with van der Waals surface area (Å²) in [5.41, 5.74) is 2.81. The van der Waals surface area contributed by atoms with E-state index in [0.717, 1.165) is 23.1 Å². The molecular weight excluding hydrogens is 318 g/mol. The van der Waals surface area contributed by atoms with Gasteiger partial charge in [0.05, 0.1) is 10.9 Å². The Morgan fingerprint density at radius 3 is 2.88 bits per heavy atom. The quantitative estimate of drug-likeness (QED) is 0.894. The predicted molar refractivity (Wildman–Crippen MR) is 97.1 cm³/mol. The molecule has 1 amide bonds. The van der Waals surface area contributed by atoms with Crippen LogP contribution in [0.3, 0.4) is 0 Å². The summed E-state index contributed by atoms with van der Waals surface area (Å²) in [4.78, 5) is 18.6. The Kier molecular flexibility index (Phi) is 4.35. The molecule has 2 aromatic heterocycles. The van der Waals surface area contributed by atoms with Crippen LogP contribution in [0.1, 0.15) is 55.0 Å². The molecule has 2 aromatic rings. The Morgan fingerprint density at radius 2 is 2.21 bits per heavy atom. The highest BCUT2D eigenvalue weighted by atomic mass is 32.1. The number of nitrogens with one attached hydrogen (secondary N) is 1. The second-order valence-corrected chi connectivity index (χ2v) is 8.76. The summed E-state index contributed by atoms with van der Waals surface area (Å²) in [7, 11) is 0. The minimum absolute atomic E-state index is 0.197. The van der Waals surface area contributed by atoms with E-state index in [9.17, 15) is 4.79 Å². The van der Waals surface area contributed by atoms with Crippen LogP contribution >= 0.6 is 11.3 Å². The van der Waals surface area contributed by atoms with Gasteiger partial charge in [-0.2, -0.15) is 5.26 Å². The third-order valence-corrected chi connectivity index (χ3v) is 5.91. The lowest BCUT2D eigenvalue weighted by Gasteiger charge is -2.34. The molecule has 0 fully saturated rings. The molecule has 0 aliphatic heterocycles. The van der Waals surface area contributed by atoms with Gasteiger partial charge in [-0.05, 0) is 55.2 Å². The van der Waals surface area contributed by atoms with Crippen LogP contribution in [-0.4, -0.2) is 16.9 Å². The molecule has 4 nitrogen and oxygen atoms in total. The van der Waals surface area contributed by atoms with Crippen LogP contribution < -0.4 is 5.32 Å². The lowest BCUT2D eigenvalue weighted by molar-refractivity contribution is 0.0952. The second-order valence-electron chi connectivity index (χ2n) is 7.73. The van der Waals surface area contributed by atoms with Gasteiger partial charge in [-0.25, -0.2) is 4.98 Å². The Labute approximate surface area is 146 Å². The van der Waals surface area contributed by atoms with Gasteiger partial charge in [-0.15, -0.1) is 11.3 Å². The number of carbonyl (C=O) groups excluding carboxylic acids is 1. The van der Waals surface area contributed by atoms with Crippen LogP contribution in [0.15, 0.2) is 12.1 Å². The van der Waals surface area contributed by atoms with Crippen molar-refractivity contribution in [1.82, 2.24) is 10.3 Å². The Morgan fingerprint density at radius 1 is 1.46 bits per heavy atom. The lowest BCUT2D eigenvalue weighted by atomic mass is 9.71. The van der Waals surface area contributed by atoms with Gasteiger partial charge in [0.2, 0.25) is 0 Å². The first-order valence-electron chi connectivity index (χ1n) is 8.40. The first kappa shape index (κ1) is 16.9.